The highest BCUT2D eigenvalue weighted by Crippen LogP contribution is 2.18. The van der Waals surface area contributed by atoms with E-state index in [9.17, 15) is 9.18 Å². The molecule has 110 valence electrons. The van der Waals surface area contributed by atoms with E-state index in [1.807, 2.05) is 4.90 Å². The average molecular weight is 279 g/mol. The van der Waals surface area contributed by atoms with E-state index < -0.39 is 6.10 Å². The highest BCUT2D eigenvalue weighted by molar-refractivity contribution is 5.80. The maximum absolute atomic E-state index is 13.2. The third-order valence-corrected chi connectivity index (χ3v) is 3.71. The van der Waals surface area contributed by atoms with Crippen LogP contribution in [0.25, 0.3) is 0 Å². The lowest BCUT2D eigenvalue weighted by Crippen LogP contribution is -2.41. The Morgan fingerprint density at radius 2 is 1.90 bits per heavy atom. The normalized spacial score (nSPS) is 17.4. The quantitative estimate of drug-likeness (QED) is 0.849. The van der Waals surface area contributed by atoms with Crippen LogP contribution in [0.1, 0.15) is 38.2 Å². The smallest absolute Gasteiger partial charge is 0.263 e. The van der Waals surface area contributed by atoms with Crippen LogP contribution in [-0.4, -0.2) is 30.0 Å². The Morgan fingerprint density at radius 1 is 1.25 bits per heavy atom. The van der Waals surface area contributed by atoms with Gasteiger partial charge in [0.15, 0.2) is 6.10 Å². The van der Waals surface area contributed by atoms with E-state index in [1.165, 1.54) is 18.9 Å². The van der Waals surface area contributed by atoms with E-state index in [1.54, 1.807) is 26.0 Å². The van der Waals surface area contributed by atoms with Crippen molar-refractivity contribution in [2.24, 2.45) is 0 Å². The average Bonchev–Trinajstić information content (AvgIpc) is 2.71. The first kappa shape index (κ1) is 14.8. The van der Waals surface area contributed by atoms with Gasteiger partial charge in [-0.3, -0.25) is 4.79 Å². The number of aryl methyl sites for hydroxylation is 1. The van der Waals surface area contributed by atoms with E-state index >= 15 is 0 Å². The molecule has 0 radical (unpaired) electrons. The molecular weight excluding hydrogens is 257 g/mol. The Morgan fingerprint density at radius 3 is 2.50 bits per heavy atom. The predicted molar refractivity (Wildman–Crippen MR) is 76.3 cm³/mol. The summed E-state index contributed by atoms with van der Waals surface area (Å²) in [6.45, 7) is 5.07. The van der Waals surface area contributed by atoms with Crippen LogP contribution < -0.4 is 4.74 Å². The molecule has 20 heavy (non-hydrogen) atoms. The van der Waals surface area contributed by atoms with Crippen LogP contribution in [0.3, 0.4) is 0 Å². The topological polar surface area (TPSA) is 29.5 Å². The van der Waals surface area contributed by atoms with E-state index in [4.69, 9.17) is 4.74 Å². The Bertz CT molecular complexity index is 468. The summed E-state index contributed by atoms with van der Waals surface area (Å²) < 4.78 is 18.8. The molecule has 0 N–H and O–H groups in total. The number of hydrogen-bond acceptors (Lipinski definition) is 2. The molecule has 1 amide bonds. The summed E-state index contributed by atoms with van der Waals surface area (Å²) in [6.07, 6.45) is 3.98. The summed E-state index contributed by atoms with van der Waals surface area (Å²) in [6, 6.07) is 4.56. The molecule has 3 nitrogen and oxygen atoms in total. The number of nitrogens with zero attached hydrogens (tertiary/aromatic N) is 1. The number of halogens is 1. The van der Waals surface area contributed by atoms with Crippen molar-refractivity contribution < 1.29 is 13.9 Å². The van der Waals surface area contributed by atoms with Crippen molar-refractivity contribution in [2.75, 3.05) is 13.1 Å². The molecule has 0 bridgehead atoms. The Labute approximate surface area is 119 Å². The van der Waals surface area contributed by atoms with Crippen molar-refractivity contribution in [1.82, 2.24) is 4.90 Å². The summed E-state index contributed by atoms with van der Waals surface area (Å²) in [5.74, 6) is 0.303. The monoisotopic (exact) mass is 279 g/mol. The summed E-state index contributed by atoms with van der Waals surface area (Å²) in [4.78, 5) is 14.2. The van der Waals surface area contributed by atoms with Crippen LogP contribution >= 0.6 is 0 Å². The molecule has 1 aromatic carbocycles. The van der Waals surface area contributed by atoms with Gasteiger partial charge in [0.05, 0.1) is 0 Å². The molecule has 1 unspecified atom stereocenters. The van der Waals surface area contributed by atoms with Gasteiger partial charge in [-0.15, -0.1) is 0 Å². The van der Waals surface area contributed by atoms with Crippen LogP contribution in [-0.2, 0) is 4.79 Å². The van der Waals surface area contributed by atoms with Crippen LogP contribution in [0.4, 0.5) is 4.39 Å². The fourth-order valence-corrected chi connectivity index (χ4v) is 2.49. The van der Waals surface area contributed by atoms with Gasteiger partial charge >= 0.3 is 0 Å². The summed E-state index contributed by atoms with van der Waals surface area (Å²) in [5, 5.41) is 0. The van der Waals surface area contributed by atoms with Gasteiger partial charge in [0.2, 0.25) is 0 Å². The lowest BCUT2D eigenvalue weighted by molar-refractivity contribution is -0.137. The van der Waals surface area contributed by atoms with Crippen molar-refractivity contribution in [3.63, 3.8) is 0 Å². The van der Waals surface area contributed by atoms with Crippen molar-refractivity contribution in [3.8, 4) is 5.75 Å². The number of benzene rings is 1. The number of ether oxygens (including phenoxy) is 1. The number of amides is 1. The fourth-order valence-electron chi connectivity index (χ4n) is 2.49. The molecule has 4 heteroatoms. The third kappa shape index (κ3) is 3.71. The fraction of sp³-hybridized carbons (Fsp3) is 0.562. The molecule has 0 aromatic heterocycles. The van der Waals surface area contributed by atoms with Crippen LogP contribution in [0.5, 0.6) is 5.75 Å². The van der Waals surface area contributed by atoms with Gasteiger partial charge in [-0.1, -0.05) is 12.8 Å². The zero-order valence-electron chi connectivity index (χ0n) is 12.2. The van der Waals surface area contributed by atoms with E-state index in [-0.39, 0.29) is 11.7 Å². The van der Waals surface area contributed by atoms with Crippen molar-refractivity contribution in [3.05, 3.63) is 29.6 Å². The first-order chi connectivity index (χ1) is 9.58. The van der Waals surface area contributed by atoms with E-state index in [2.05, 4.69) is 0 Å². The molecule has 1 atom stereocenters. The Balaban J connectivity index is 1.97. The van der Waals surface area contributed by atoms with Gasteiger partial charge in [0.25, 0.3) is 5.91 Å². The molecule has 1 aliphatic rings. The zero-order chi connectivity index (χ0) is 14.5. The highest BCUT2D eigenvalue weighted by atomic mass is 19.1. The Kier molecular flexibility index (Phi) is 4.99. The minimum atomic E-state index is -0.530. The second kappa shape index (κ2) is 6.73. The first-order valence-corrected chi connectivity index (χ1v) is 7.29. The maximum atomic E-state index is 13.2. The van der Waals surface area contributed by atoms with Gasteiger partial charge in [-0.25, -0.2) is 4.39 Å². The molecule has 1 aliphatic heterocycles. The molecular formula is C16H22FNO2. The molecule has 1 heterocycles. The number of hydrogen-bond donors (Lipinski definition) is 0. The second-order valence-corrected chi connectivity index (χ2v) is 5.41. The van der Waals surface area contributed by atoms with Crippen LogP contribution in [0, 0.1) is 12.7 Å². The van der Waals surface area contributed by atoms with Gasteiger partial charge in [-0.05, 0) is 50.5 Å². The molecule has 1 fully saturated rings. The summed E-state index contributed by atoms with van der Waals surface area (Å²) in [5.41, 5.74) is 0.525. The van der Waals surface area contributed by atoms with Crippen molar-refractivity contribution >= 4 is 5.91 Å². The largest absolute Gasteiger partial charge is 0.481 e. The van der Waals surface area contributed by atoms with E-state index in [0.29, 0.717) is 11.3 Å². The molecule has 0 aliphatic carbocycles. The summed E-state index contributed by atoms with van der Waals surface area (Å²) in [7, 11) is 0. The SMILES string of the molecule is Cc1cc(OC(C)C(=O)N2CCCCCC2)ccc1F. The molecule has 2 rings (SSSR count). The Hall–Kier alpha value is -1.58. The lowest BCUT2D eigenvalue weighted by Gasteiger charge is -2.24. The number of likely N-dealkylation sites (tertiary alicyclic amines) is 1. The first-order valence-electron chi connectivity index (χ1n) is 7.29. The number of carbonyl (C=O) groups is 1. The van der Waals surface area contributed by atoms with Crippen LogP contribution in [0.2, 0.25) is 0 Å². The number of rotatable bonds is 3. The van der Waals surface area contributed by atoms with Gasteiger partial charge in [-0.2, -0.15) is 0 Å². The second-order valence-electron chi connectivity index (χ2n) is 5.41. The zero-order valence-corrected chi connectivity index (χ0v) is 12.2. The standard InChI is InChI=1S/C16H22FNO2/c1-12-11-14(7-8-15(12)17)20-13(2)16(19)18-9-5-3-4-6-10-18/h7-8,11,13H,3-6,9-10H2,1-2H3. The van der Waals surface area contributed by atoms with Crippen molar-refractivity contribution in [2.45, 2.75) is 45.6 Å². The minimum Gasteiger partial charge on any atom is -0.481 e. The van der Waals surface area contributed by atoms with E-state index in [0.717, 1.165) is 25.9 Å². The predicted octanol–water partition coefficient (Wildman–Crippen LogP) is 3.30. The van der Waals surface area contributed by atoms with Crippen LogP contribution in [0.15, 0.2) is 18.2 Å². The lowest BCUT2D eigenvalue weighted by atomic mass is 10.2. The van der Waals surface area contributed by atoms with Gasteiger partial charge < -0.3 is 9.64 Å². The minimum absolute atomic E-state index is 0.0221. The van der Waals surface area contributed by atoms with Crippen molar-refractivity contribution in [1.29, 1.82) is 0 Å². The third-order valence-electron chi connectivity index (χ3n) is 3.71. The summed E-state index contributed by atoms with van der Waals surface area (Å²) >= 11 is 0. The molecule has 0 spiro atoms. The maximum Gasteiger partial charge on any atom is 0.263 e. The molecule has 1 aromatic rings. The number of carbonyl (C=O) groups excluding carboxylic acids is 1. The molecule has 1 saturated heterocycles. The highest BCUT2D eigenvalue weighted by Gasteiger charge is 2.22. The molecule has 0 saturated carbocycles. The van der Waals surface area contributed by atoms with Gasteiger partial charge in [0.1, 0.15) is 11.6 Å². The van der Waals surface area contributed by atoms with Gasteiger partial charge in [0, 0.05) is 13.1 Å².